The molecule has 0 aromatic carbocycles. The first-order valence-corrected chi connectivity index (χ1v) is 7.04. The van der Waals surface area contributed by atoms with Crippen LogP contribution in [-0.2, 0) is 0 Å². The highest BCUT2D eigenvalue weighted by molar-refractivity contribution is 7.99. The molecule has 0 saturated carbocycles. The molecule has 0 bridgehead atoms. The average Bonchev–Trinajstić information content (AvgIpc) is 2.46. The smallest absolute Gasteiger partial charge is 0.271 e. The van der Waals surface area contributed by atoms with Crippen LogP contribution in [0.15, 0.2) is 12.1 Å². The number of carbonyl (C=O) groups excluding carboxylic acids is 1. The summed E-state index contributed by atoms with van der Waals surface area (Å²) >= 11 is 1.93. The molecule has 1 aromatic heterocycles. The minimum absolute atomic E-state index is 0.183. The summed E-state index contributed by atoms with van der Waals surface area (Å²) in [7, 11) is 0. The molecule has 6 nitrogen and oxygen atoms in total. The third-order valence-corrected chi connectivity index (χ3v) is 4.21. The summed E-state index contributed by atoms with van der Waals surface area (Å²) in [6.07, 6.45) is 3.71. The highest BCUT2D eigenvalue weighted by Crippen LogP contribution is 2.24. The first kappa shape index (κ1) is 13.1. The van der Waals surface area contributed by atoms with Crippen LogP contribution in [0.2, 0.25) is 0 Å². The molecule has 0 radical (unpaired) electrons. The molecule has 1 atom stereocenters. The fourth-order valence-electron chi connectivity index (χ4n) is 1.80. The van der Waals surface area contributed by atoms with E-state index < -0.39 is 0 Å². The Hall–Kier alpha value is -1.34. The second-order valence-electron chi connectivity index (χ2n) is 4.15. The highest BCUT2D eigenvalue weighted by Gasteiger charge is 2.15. The number of nitrogen functional groups attached to an aromatic ring is 1. The van der Waals surface area contributed by atoms with E-state index in [-0.39, 0.29) is 5.91 Å². The van der Waals surface area contributed by atoms with Gasteiger partial charge in [0, 0.05) is 11.8 Å². The normalized spacial score (nSPS) is 19.3. The molecule has 18 heavy (non-hydrogen) atoms. The molecule has 0 aliphatic carbocycles. The molecule has 1 amide bonds. The number of thioether (sulfide) groups is 1. The fraction of sp³-hybridized carbons (Fsp3) is 0.545. The van der Waals surface area contributed by atoms with Crippen LogP contribution in [0.5, 0.6) is 0 Å². The van der Waals surface area contributed by atoms with Crippen molar-refractivity contribution in [3.63, 3.8) is 0 Å². The first-order chi connectivity index (χ1) is 8.79. The third-order valence-electron chi connectivity index (χ3n) is 2.81. The van der Waals surface area contributed by atoms with Gasteiger partial charge in [-0.15, -0.1) is 10.2 Å². The zero-order chi connectivity index (χ0) is 12.8. The highest BCUT2D eigenvalue weighted by atomic mass is 32.2. The van der Waals surface area contributed by atoms with Gasteiger partial charge in [-0.1, -0.05) is 6.42 Å². The van der Waals surface area contributed by atoms with Crippen molar-refractivity contribution >= 4 is 23.5 Å². The van der Waals surface area contributed by atoms with E-state index in [0.29, 0.717) is 23.3 Å². The van der Waals surface area contributed by atoms with Gasteiger partial charge in [0.15, 0.2) is 11.5 Å². The van der Waals surface area contributed by atoms with Crippen molar-refractivity contribution in [2.45, 2.75) is 24.5 Å². The van der Waals surface area contributed by atoms with E-state index in [1.807, 2.05) is 11.8 Å². The van der Waals surface area contributed by atoms with Crippen molar-refractivity contribution in [3.8, 4) is 0 Å². The molecule has 7 heteroatoms. The van der Waals surface area contributed by atoms with E-state index in [0.717, 1.165) is 0 Å². The molecule has 1 aliphatic heterocycles. The van der Waals surface area contributed by atoms with Gasteiger partial charge in [0.2, 0.25) is 0 Å². The van der Waals surface area contributed by atoms with Gasteiger partial charge in [-0.2, -0.15) is 11.8 Å². The topological polar surface area (TPSA) is 92.9 Å². The van der Waals surface area contributed by atoms with Crippen LogP contribution in [0.1, 0.15) is 29.8 Å². The zero-order valence-corrected chi connectivity index (χ0v) is 10.9. The van der Waals surface area contributed by atoms with E-state index in [9.17, 15) is 4.79 Å². The Morgan fingerprint density at radius 1 is 1.44 bits per heavy atom. The Bertz CT molecular complexity index is 391. The molecule has 4 N–H and O–H groups in total. The van der Waals surface area contributed by atoms with Crippen LogP contribution < -0.4 is 16.6 Å². The predicted molar refractivity (Wildman–Crippen MR) is 72.3 cm³/mol. The largest absolute Gasteiger partial charge is 0.350 e. The predicted octanol–water partition coefficient (Wildman–Crippen LogP) is 0.778. The van der Waals surface area contributed by atoms with Crippen molar-refractivity contribution in [1.82, 2.24) is 15.5 Å². The number of nitrogens with one attached hydrogen (secondary N) is 2. The number of carbonyl (C=O) groups is 1. The van der Waals surface area contributed by atoms with Gasteiger partial charge in [0.25, 0.3) is 5.91 Å². The number of hydrogen-bond donors (Lipinski definition) is 3. The molecule has 2 heterocycles. The number of nitrogens with zero attached hydrogens (tertiary/aromatic N) is 2. The summed E-state index contributed by atoms with van der Waals surface area (Å²) in [5, 5.41) is 11.0. The lowest BCUT2D eigenvalue weighted by Gasteiger charge is -2.21. The van der Waals surface area contributed by atoms with Crippen LogP contribution in [0.25, 0.3) is 0 Å². The summed E-state index contributed by atoms with van der Waals surface area (Å²) < 4.78 is 0. The number of hydrazine groups is 1. The van der Waals surface area contributed by atoms with E-state index in [1.54, 1.807) is 12.1 Å². The third kappa shape index (κ3) is 3.58. The quantitative estimate of drug-likeness (QED) is 0.551. The minimum Gasteiger partial charge on any atom is -0.350 e. The molecule has 98 valence electrons. The summed E-state index contributed by atoms with van der Waals surface area (Å²) in [6.45, 7) is 0.696. The summed E-state index contributed by atoms with van der Waals surface area (Å²) in [5.41, 5.74) is 2.68. The maximum atomic E-state index is 11.8. The molecule has 1 unspecified atom stereocenters. The second-order valence-corrected chi connectivity index (χ2v) is 5.56. The van der Waals surface area contributed by atoms with Crippen LogP contribution in [-0.4, -0.2) is 33.7 Å². The molecular weight excluding hydrogens is 250 g/mol. The molecular formula is C11H17N5OS. The Morgan fingerprint density at radius 3 is 2.94 bits per heavy atom. The number of rotatable bonds is 4. The summed E-state index contributed by atoms with van der Waals surface area (Å²) in [4.78, 5) is 11.8. The van der Waals surface area contributed by atoms with E-state index >= 15 is 0 Å². The number of hydrogen-bond acceptors (Lipinski definition) is 6. The Morgan fingerprint density at radius 2 is 2.33 bits per heavy atom. The molecule has 1 aliphatic rings. The van der Waals surface area contributed by atoms with E-state index in [2.05, 4.69) is 20.9 Å². The lowest BCUT2D eigenvalue weighted by molar-refractivity contribution is 0.0947. The average molecular weight is 267 g/mol. The first-order valence-electron chi connectivity index (χ1n) is 6.00. The van der Waals surface area contributed by atoms with Gasteiger partial charge in [-0.25, -0.2) is 5.84 Å². The number of nitrogens with two attached hydrogens (primary N) is 1. The minimum atomic E-state index is -0.183. The van der Waals surface area contributed by atoms with Gasteiger partial charge in [0.05, 0.1) is 0 Å². The molecule has 1 aromatic rings. The Balaban J connectivity index is 1.82. The monoisotopic (exact) mass is 267 g/mol. The lowest BCUT2D eigenvalue weighted by atomic mass is 10.2. The van der Waals surface area contributed by atoms with Crippen molar-refractivity contribution in [1.29, 1.82) is 0 Å². The number of aromatic nitrogens is 2. The summed E-state index contributed by atoms with van der Waals surface area (Å²) in [5.74, 6) is 6.62. The maximum Gasteiger partial charge on any atom is 0.271 e. The van der Waals surface area contributed by atoms with Crippen molar-refractivity contribution < 1.29 is 4.79 Å². The second kappa shape index (κ2) is 6.55. The van der Waals surface area contributed by atoms with Gasteiger partial charge < -0.3 is 10.7 Å². The van der Waals surface area contributed by atoms with Crippen LogP contribution >= 0.6 is 11.8 Å². The number of anilines is 1. The van der Waals surface area contributed by atoms with Crippen LogP contribution in [0, 0.1) is 0 Å². The van der Waals surface area contributed by atoms with Crippen molar-refractivity contribution in [2.24, 2.45) is 5.84 Å². The van der Waals surface area contributed by atoms with Crippen LogP contribution in [0.3, 0.4) is 0 Å². The zero-order valence-electron chi connectivity index (χ0n) is 10.1. The Kier molecular flexibility index (Phi) is 4.77. The fourth-order valence-corrected chi connectivity index (χ4v) is 3.03. The standard InChI is InChI=1S/C11H17N5OS/c12-14-10-5-4-9(15-16-10)11(17)13-7-8-3-1-2-6-18-8/h4-5,8H,1-3,6-7,12H2,(H,13,17)(H,14,16). The summed E-state index contributed by atoms with van der Waals surface area (Å²) in [6, 6.07) is 3.23. The van der Waals surface area contributed by atoms with Crippen LogP contribution in [0.4, 0.5) is 5.82 Å². The maximum absolute atomic E-state index is 11.8. The van der Waals surface area contributed by atoms with Gasteiger partial charge in [0.1, 0.15) is 0 Å². The van der Waals surface area contributed by atoms with Gasteiger partial charge in [-0.3, -0.25) is 4.79 Å². The van der Waals surface area contributed by atoms with E-state index in [4.69, 9.17) is 5.84 Å². The Labute approximate surface area is 110 Å². The SMILES string of the molecule is NNc1ccc(C(=O)NCC2CCCCS2)nn1. The molecule has 1 saturated heterocycles. The number of amides is 1. The lowest BCUT2D eigenvalue weighted by Crippen LogP contribution is -2.32. The van der Waals surface area contributed by atoms with Gasteiger partial charge in [-0.05, 0) is 30.7 Å². The molecule has 2 rings (SSSR count). The van der Waals surface area contributed by atoms with Crippen molar-refractivity contribution in [2.75, 3.05) is 17.7 Å². The van der Waals surface area contributed by atoms with Crippen molar-refractivity contribution in [3.05, 3.63) is 17.8 Å². The molecule has 0 spiro atoms. The van der Waals surface area contributed by atoms with Gasteiger partial charge >= 0.3 is 0 Å². The molecule has 1 fully saturated rings. The van der Waals surface area contributed by atoms with E-state index in [1.165, 1.54) is 25.0 Å².